The fourth-order valence-corrected chi connectivity index (χ4v) is 26.1. The summed E-state index contributed by atoms with van der Waals surface area (Å²) in [6, 6.07) is 2.08. The summed E-state index contributed by atoms with van der Waals surface area (Å²) in [6.07, 6.45) is -26.3. The number of aromatic nitrogens is 9. The Kier molecular flexibility index (Phi) is 40.3. The van der Waals surface area contributed by atoms with Crippen LogP contribution >= 0.6 is 140 Å². The summed E-state index contributed by atoms with van der Waals surface area (Å²) in [4.78, 5) is 238. The molecule has 8 rings (SSSR count). The number of aryl methyl sites for hydroxylation is 2. The number of halogens is 5. The minimum atomic E-state index is -5.83. The van der Waals surface area contributed by atoms with Gasteiger partial charge in [0.1, 0.15) is 55.0 Å². The molecule has 0 amide bonds. The number of ether oxygens (including phenoxy) is 4. The number of aliphatic hydroxyl groups is 4. The van der Waals surface area contributed by atoms with Crippen molar-refractivity contribution in [2.24, 2.45) is 0 Å². The Hall–Kier alpha value is -4.70. The first-order valence-corrected chi connectivity index (χ1v) is 54.4. The van der Waals surface area contributed by atoms with Crippen LogP contribution in [0.15, 0.2) is 62.9 Å². The Morgan fingerprint density at radius 2 is 0.622 bits per heavy atom. The van der Waals surface area contributed by atoms with Gasteiger partial charge in [-0.1, -0.05) is 70.1 Å². The zero-order chi connectivity index (χ0) is 104. The summed E-state index contributed by atoms with van der Waals surface area (Å²) in [5.74, 6) is 18.0. The monoisotopic (exact) mass is 2260 g/mol. The van der Waals surface area contributed by atoms with Gasteiger partial charge in [-0.3, -0.25) is 70.9 Å². The lowest BCUT2D eigenvalue weighted by Crippen LogP contribution is -2.46. The second-order valence-corrected chi connectivity index (χ2v) is 46.7. The lowest BCUT2D eigenvalue weighted by molar-refractivity contribution is -0.0786. The minimum Gasteiger partial charge on any atom is -0.387 e. The standard InChI is InChI=1S/2C14H20ClN2O14P3.C13H17ClFN2O14P3.C12H17ClN3O14P3/c2*1-4-5-14(15)11(19)10(28-12(14)17-7(2)6-9(18)16-13(17)20)8(3)29-33(24,25)31-34(26,27)30-32(21,22)23;1-3-4-13(14)9(18)8(28-11(13)17-5-7(15)10(19)16-12(17)20)6(2)29-33(24,25)31-34(26,27)30-32(21,22)23;1-3-4-12(13)9(18)8(27-10(12)16-11(19)15-7(17)5-14-16)6(2)28-32(23,24)30-33(25,26)29-31(20,21)22/h2*6,8,10-12,19H,1-3H3,(H,24,25)(H,26,27)(H,16,18,20)(H2,21,22,23);5-6,8-9,11,18H,1-2H3,(H,24,25)(H,26,27)(H,16,19,20)(H2,21,22,23);5-6,8-10,18H,1-2H3,(H,23,24)(H,25,26)(H,15,17,19)(H2,20,21,22)/t8-,10+,11-,12+,14?;8-,10-,11+,12-,14?;6-,8-,9+,11-,13?;6-,8-,9+,10-,12?/m0111/s1. The molecule has 4 saturated heterocycles. The van der Waals surface area contributed by atoms with Crippen LogP contribution in [0.4, 0.5) is 4.39 Å². The number of H-pyrrole nitrogens is 4. The smallest absolute Gasteiger partial charge is 0.387 e. The highest BCUT2D eigenvalue weighted by Crippen LogP contribution is 2.71. The van der Waals surface area contributed by atoms with Crippen molar-refractivity contribution < 1.29 is 229 Å². The highest BCUT2D eigenvalue weighted by Gasteiger charge is 2.64. The Balaban J connectivity index is 0.000000318. The van der Waals surface area contributed by atoms with Gasteiger partial charge in [-0.25, -0.2) is 74.0 Å². The third-order valence-electron chi connectivity index (χ3n) is 16.5. The zero-order valence-electron chi connectivity index (χ0n) is 68.2. The van der Waals surface area contributed by atoms with Gasteiger partial charge in [0, 0.05) is 23.5 Å². The molecule has 0 spiro atoms. The van der Waals surface area contributed by atoms with Gasteiger partial charge in [0.2, 0.25) is 5.82 Å². The van der Waals surface area contributed by atoms with Crippen LogP contribution in [-0.4, -0.2) is 235 Å². The molecule has 12 unspecified atom stereocenters. The first-order valence-electron chi connectivity index (χ1n) is 34.8. The fourth-order valence-electron chi connectivity index (χ4n) is 11.9. The molecule has 762 valence electrons. The van der Waals surface area contributed by atoms with Crippen molar-refractivity contribution in [3.8, 4) is 47.4 Å². The SMILES string of the molecule is CC#CC1(Cl)[C@@H](O)[C@@H]([C@@H](C)OP(=O)(O)OP(=O)(O)OP(=O)(O)O)O[C@H]1n1c(C)cc(=O)[nH]c1=O.CC#CC1(Cl)[C@@H](O)[C@@H]([C@@H](C)OP(=O)(O)OP(=O)(O)OP(=O)(O)O)O[C@H]1n1cc(F)c(=O)[nH]c1=O.CC#CC1(Cl)[C@@H](O)[C@@H]([C@@H](C)OP(=O)(O)OP(=O)(O)OP(=O)(O)O)O[C@H]1n1ncc(=O)[nH]c1=O.CC#CC1(Cl)[C@@H](O)[C@@H]([C@H](C)OP(=O)(O)OP(=O)(O)OP(=O)(O)O)O[C@H]1n1c(C)cc(=O)[nH]c1=O. The maximum atomic E-state index is 13.8. The molecular weight excluding hydrogens is 2190 g/mol. The molecule has 4 aliphatic heterocycles. The molecule has 65 nitrogen and oxygen atoms in total. The summed E-state index contributed by atoms with van der Waals surface area (Å²) in [7, 11) is -68.0. The predicted molar refractivity (Wildman–Crippen MR) is 438 cm³/mol. The average molecular weight is 2270 g/mol. The second kappa shape index (κ2) is 45.1. The molecule has 4 aliphatic rings. The van der Waals surface area contributed by atoms with Crippen molar-refractivity contribution in [2.75, 3.05) is 0 Å². The number of rotatable bonds is 32. The van der Waals surface area contributed by atoms with Crippen LogP contribution in [0.5, 0.6) is 0 Å². The quantitative estimate of drug-likeness (QED) is 0.0147. The topological polar surface area (TPSA) is 989 Å². The molecule has 0 aliphatic carbocycles. The molecule has 0 bridgehead atoms. The van der Waals surface area contributed by atoms with Crippen molar-refractivity contribution in [1.82, 2.24) is 43.4 Å². The summed E-state index contributed by atoms with van der Waals surface area (Å²) < 4.78 is 223. The van der Waals surface area contributed by atoms with Gasteiger partial charge in [0.15, 0.2) is 44.4 Å². The van der Waals surface area contributed by atoms with E-state index in [1.165, 1.54) is 41.5 Å². The third kappa shape index (κ3) is 32.9. The maximum absolute atomic E-state index is 13.8. The number of hydrogen-bond donors (Lipinski definition) is 24. The molecule has 0 radical (unpaired) electrons. The van der Waals surface area contributed by atoms with E-state index in [-0.39, 0.29) is 11.4 Å². The molecule has 8 heterocycles. The van der Waals surface area contributed by atoms with E-state index in [1.807, 2.05) is 15.0 Å². The number of phosphoric ester groups is 4. The van der Waals surface area contributed by atoms with Gasteiger partial charge in [0.25, 0.3) is 22.2 Å². The Morgan fingerprint density at radius 1 is 0.378 bits per heavy atom. The highest BCUT2D eigenvalue weighted by atomic mass is 35.5. The van der Waals surface area contributed by atoms with Crippen LogP contribution in [0.25, 0.3) is 0 Å². The number of hydrogen-bond acceptors (Lipinski definition) is 41. The molecule has 82 heteroatoms. The van der Waals surface area contributed by atoms with Crippen molar-refractivity contribution in [3.63, 3.8) is 0 Å². The molecule has 135 heavy (non-hydrogen) atoms. The molecule has 0 saturated carbocycles. The van der Waals surface area contributed by atoms with Crippen molar-refractivity contribution in [3.05, 3.63) is 125 Å². The number of alkyl halides is 4. The molecule has 28 atom stereocenters. The van der Waals surface area contributed by atoms with E-state index in [1.54, 1.807) is 4.98 Å². The van der Waals surface area contributed by atoms with Crippen LogP contribution in [0, 0.1) is 67.0 Å². The predicted octanol–water partition coefficient (Wildman–Crippen LogP) is -1.74. The summed E-state index contributed by atoms with van der Waals surface area (Å²) in [6.45, 7) is 12.2. The van der Waals surface area contributed by atoms with E-state index < -0.39 is 262 Å². The first kappa shape index (κ1) is 121. The summed E-state index contributed by atoms with van der Waals surface area (Å²) >= 11 is 25.7. The number of nitrogens with one attached hydrogen (secondary N) is 4. The van der Waals surface area contributed by atoms with Gasteiger partial charge in [-0.15, -0.1) is 23.7 Å². The Morgan fingerprint density at radius 3 is 0.874 bits per heavy atom. The summed E-state index contributed by atoms with van der Waals surface area (Å²) in [5.41, 5.74) is -7.78. The van der Waals surface area contributed by atoms with Crippen LogP contribution in [0.2, 0.25) is 0 Å². The molecule has 24 N–H and O–H groups in total. The van der Waals surface area contributed by atoms with E-state index in [4.69, 9.17) is 104 Å². The Bertz CT molecular complexity index is 6350. The fraction of sp³-hybridized carbons (Fsp3) is 0.566. The van der Waals surface area contributed by atoms with Crippen molar-refractivity contribution >= 4 is 140 Å². The maximum Gasteiger partial charge on any atom is 0.490 e. The van der Waals surface area contributed by atoms with Crippen molar-refractivity contribution in [1.29, 1.82) is 0 Å². The van der Waals surface area contributed by atoms with Crippen LogP contribution in [0.3, 0.4) is 0 Å². The van der Waals surface area contributed by atoms with Crippen LogP contribution in [-0.2, 0) is 126 Å². The zero-order valence-corrected chi connectivity index (χ0v) is 81.9. The second-order valence-electron chi connectivity index (χ2n) is 26.7. The normalized spacial score (nSPS) is 29.6. The lowest BCUT2D eigenvalue weighted by atomic mass is 9.96. The Labute approximate surface area is 768 Å². The number of phosphoric acid groups is 12. The van der Waals surface area contributed by atoms with Gasteiger partial charge < -0.3 is 118 Å². The number of aliphatic hydroxyl groups excluding tert-OH is 4. The van der Waals surface area contributed by atoms with Crippen molar-refractivity contribution in [2.45, 2.75) is 187 Å². The molecule has 4 aromatic rings. The van der Waals surface area contributed by atoms with E-state index in [0.29, 0.717) is 21.6 Å². The van der Waals surface area contributed by atoms with Gasteiger partial charge in [0.05, 0.1) is 30.6 Å². The number of aromatic amines is 4. The van der Waals surface area contributed by atoms with Gasteiger partial charge >= 0.3 is 117 Å². The number of nitrogens with zero attached hydrogens (tertiary/aromatic N) is 5. The van der Waals surface area contributed by atoms with E-state index in [9.17, 15) is 157 Å². The van der Waals surface area contributed by atoms with Crippen LogP contribution in [0.1, 0.15) is 91.7 Å². The first-order chi connectivity index (χ1) is 60.9. The highest BCUT2D eigenvalue weighted by molar-refractivity contribution is 7.68. The molecule has 0 aromatic carbocycles. The molecular formula is C53H74Cl4FN9O56P12. The van der Waals surface area contributed by atoms with E-state index >= 15 is 0 Å². The van der Waals surface area contributed by atoms with E-state index in [0.717, 1.165) is 49.0 Å². The van der Waals surface area contributed by atoms with Gasteiger partial charge in [-0.05, 0) is 69.2 Å². The lowest BCUT2D eigenvalue weighted by Gasteiger charge is -2.27. The molecule has 4 fully saturated rings. The minimum absolute atomic E-state index is 0.0649. The average Bonchev–Trinajstić information content (AvgIpc) is 1.60. The largest absolute Gasteiger partial charge is 0.490 e. The molecule has 4 aromatic heterocycles. The summed E-state index contributed by atoms with van der Waals surface area (Å²) in [5, 5.41) is 46.5. The third-order valence-corrected chi connectivity index (χ3v) is 34.2. The van der Waals surface area contributed by atoms with E-state index in [2.05, 4.69) is 105 Å². The van der Waals surface area contributed by atoms with Gasteiger partial charge in [-0.2, -0.15) is 48.7 Å². The van der Waals surface area contributed by atoms with Crippen LogP contribution < -0.4 is 45.0 Å².